The zero-order valence-electron chi connectivity index (χ0n) is 11.6. The first-order valence-corrected chi connectivity index (χ1v) is 7.55. The third kappa shape index (κ3) is 2.85. The molecule has 1 aromatic carbocycles. The summed E-state index contributed by atoms with van der Waals surface area (Å²) in [5.41, 5.74) is 5.97. The van der Waals surface area contributed by atoms with Crippen molar-refractivity contribution in [1.82, 2.24) is 14.3 Å². The maximum absolute atomic E-state index is 12.4. The molecule has 0 aliphatic heterocycles. The summed E-state index contributed by atoms with van der Waals surface area (Å²) in [5, 5.41) is 7.47. The van der Waals surface area contributed by atoms with Gasteiger partial charge in [-0.3, -0.25) is 4.52 Å². The van der Waals surface area contributed by atoms with Crippen molar-refractivity contribution in [3.05, 3.63) is 45.6 Å². The van der Waals surface area contributed by atoms with Crippen LogP contribution in [0.2, 0.25) is 5.02 Å². The summed E-state index contributed by atoms with van der Waals surface area (Å²) >= 11 is 3.59. The van der Waals surface area contributed by atoms with Crippen LogP contribution in [0.4, 0.5) is 5.82 Å². The van der Waals surface area contributed by atoms with Crippen LogP contribution in [0.15, 0.2) is 38.1 Å². The Kier molecular flexibility index (Phi) is 3.92. The average Bonchev–Trinajstić information content (AvgIpc) is 3.04. The van der Waals surface area contributed by atoms with Crippen molar-refractivity contribution in [2.75, 3.05) is 5.73 Å². The molecular weight excluding hydrogens is 348 g/mol. The van der Waals surface area contributed by atoms with E-state index < -0.39 is 17.0 Å². The number of benzene rings is 1. The number of nitrogens with two attached hydrogens (primary N) is 1. The third-order valence-electron chi connectivity index (χ3n) is 2.79. The van der Waals surface area contributed by atoms with Crippen molar-refractivity contribution in [3.8, 4) is 17.1 Å². The lowest BCUT2D eigenvalue weighted by Crippen LogP contribution is -2.23. The molecule has 3 rings (SSSR count). The maximum Gasteiger partial charge on any atom is 0.456 e. The molecule has 23 heavy (non-hydrogen) atoms. The number of hydrogen-bond donors (Lipinski definition) is 1. The van der Waals surface area contributed by atoms with E-state index in [0.717, 1.165) is 3.97 Å². The normalized spacial score (nSPS) is 12.3. The standard InChI is InChI=1S/C12H9ClN4O5S/c1-6-9(10(14)15-20-6)22-23(19)17-11(16-21-12(17)18)7-3-2-4-8(13)5-7/h2-5H,1H3,(H2,14,15). The number of nitrogen functional groups attached to an aromatic ring is 1. The number of aryl methyl sites for hydroxylation is 1. The van der Waals surface area contributed by atoms with E-state index in [9.17, 15) is 9.00 Å². The highest BCUT2D eigenvalue weighted by molar-refractivity contribution is 7.79. The largest absolute Gasteiger partial charge is 0.456 e. The van der Waals surface area contributed by atoms with E-state index in [0.29, 0.717) is 10.6 Å². The molecule has 0 aliphatic rings. The van der Waals surface area contributed by atoms with Gasteiger partial charge in [-0.15, -0.1) is 3.97 Å². The molecule has 1 unspecified atom stereocenters. The number of anilines is 1. The summed E-state index contributed by atoms with van der Waals surface area (Å²) in [4.78, 5) is 11.8. The summed E-state index contributed by atoms with van der Waals surface area (Å²) in [6, 6.07) is 6.44. The number of aromatic nitrogens is 3. The molecule has 0 fully saturated rings. The molecular formula is C12H9ClN4O5S. The molecule has 0 amide bonds. The van der Waals surface area contributed by atoms with Crippen LogP contribution in [0.3, 0.4) is 0 Å². The Morgan fingerprint density at radius 2 is 2.13 bits per heavy atom. The highest BCUT2D eigenvalue weighted by atomic mass is 35.5. The van der Waals surface area contributed by atoms with Crippen molar-refractivity contribution in [2.45, 2.75) is 6.92 Å². The second-order valence-electron chi connectivity index (χ2n) is 4.33. The Labute approximate surface area is 136 Å². The van der Waals surface area contributed by atoms with Gasteiger partial charge in [0, 0.05) is 17.5 Å². The highest BCUT2D eigenvalue weighted by Crippen LogP contribution is 2.27. The van der Waals surface area contributed by atoms with Crippen LogP contribution in [0.5, 0.6) is 5.75 Å². The van der Waals surface area contributed by atoms with Gasteiger partial charge in [-0.25, -0.2) is 4.79 Å². The van der Waals surface area contributed by atoms with E-state index in [2.05, 4.69) is 14.8 Å². The predicted molar refractivity (Wildman–Crippen MR) is 81.0 cm³/mol. The van der Waals surface area contributed by atoms with Crippen molar-refractivity contribution in [3.63, 3.8) is 0 Å². The molecule has 0 radical (unpaired) electrons. The SMILES string of the molecule is Cc1onc(N)c1OS(=O)n1c(-c2cccc(Cl)c2)noc1=O. The van der Waals surface area contributed by atoms with Crippen molar-refractivity contribution < 1.29 is 17.4 Å². The fourth-order valence-corrected chi connectivity index (χ4v) is 2.81. The van der Waals surface area contributed by atoms with Crippen molar-refractivity contribution >= 4 is 28.7 Å². The summed E-state index contributed by atoms with van der Waals surface area (Å²) in [6.45, 7) is 1.52. The molecule has 0 saturated heterocycles. The summed E-state index contributed by atoms with van der Waals surface area (Å²) < 4.78 is 27.6. The number of hydrogen-bond acceptors (Lipinski definition) is 8. The zero-order valence-corrected chi connectivity index (χ0v) is 13.1. The quantitative estimate of drug-likeness (QED) is 0.745. The molecule has 0 bridgehead atoms. The molecule has 2 N–H and O–H groups in total. The van der Waals surface area contributed by atoms with Gasteiger partial charge in [0.25, 0.3) is 0 Å². The van der Waals surface area contributed by atoms with Crippen LogP contribution in [0.25, 0.3) is 11.4 Å². The topological polar surface area (TPSA) is 126 Å². The minimum Gasteiger partial charge on any atom is -0.378 e. The molecule has 120 valence electrons. The second-order valence-corrected chi connectivity index (χ2v) is 5.73. The average molecular weight is 357 g/mol. The van der Waals surface area contributed by atoms with E-state index in [4.69, 9.17) is 26.0 Å². The van der Waals surface area contributed by atoms with Crippen molar-refractivity contribution in [2.24, 2.45) is 0 Å². The predicted octanol–water partition coefficient (Wildman–Crippen LogP) is 1.54. The van der Waals surface area contributed by atoms with Gasteiger partial charge in [0.05, 0.1) is 0 Å². The number of halogens is 1. The first-order chi connectivity index (χ1) is 11.0. The summed E-state index contributed by atoms with van der Waals surface area (Å²) in [7, 11) is 0. The third-order valence-corrected chi connectivity index (χ3v) is 3.95. The van der Waals surface area contributed by atoms with Crippen LogP contribution in [-0.2, 0) is 11.3 Å². The Morgan fingerprint density at radius 3 is 2.78 bits per heavy atom. The fraction of sp³-hybridized carbons (Fsp3) is 0.0833. The molecule has 2 heterocycles. The summed E-state index contributed by atoms with van der Waals surface area (Å²) in [5.74, 6) is -0.891. The Morgan fingerprint density at radius 1 is 1.35 bits per heavy atom. The van der Waals surface area contributed by atoms with Gasteiger partial charge in [-0.05, 0) is 12.1 Å². The Balaban J connectivity index is 2.02. The van der Waals surface area contributed by atoms with Crippen LogP contribution >= 0.6 is 11.6 Å². The molecule has 9 nitrogen and oxygen atoms in total. The number of nitrogens with zero attached hydrogens (tertiary/aromatic N) is 3. The van der Waals surface area contributed by atoms with E-state index in [1.54, 1.807) is 18.2 Å². The molecule has 1 atom stereocenters. The first-order valence-electron chi connectivity index (χ1n) is 6.14. The summed E-state index contributed by atoms with van der Waals surface area (Å²) in [6.07, 6.45) is 0. The molecule has 3 aromatic rings. The Hall–Kier alpha value is -2.59. The van der Waals surface area contributed by atoms with Gasteiger partial charge in [-0.1, -0.05) is 34.0 Å². The Bertz CT molecular complexity index is 928. The lowest BCUT2D eigenvalue weighted by molar-refractivity contribution is 0.383. The van der Waals surface area contributed by atoms with Gasteiger partial charge < -0.3 is 14.4 Å². The molecule has 0 aliphatic carbocycles. The van der Waals surface area contributed by atoms with Gasteiger partial charge in [0.1, 0.15) is 0 Å². The van der Waals surface area contributed by atoms with Crippen LogP contribution in [0.1, 0.15) is 5.76 Å². The van der Waals surface area contributed by atoms with E-state index in [-0.39, 0.29) is 23.2 Å². The minimum absolute atomic E-state index is 0.0106. The van der Waals surface area contributed by atoms with Gasteiger partial charge in [-0.2, -0.15) is 4.21 Å². The number of rotatable bonds is 4. The monoisotopic (exact) mass is 356 g/mol. The molecule has 0 saturated carbocycles. The van der Waals surface area contributed by atoms with Crippen LogP contribution in [-0.4, -0.2) is 18.5 Å². The van der Waals surface area contributed by atoms with Gasteiger partial charge >= 0.3 is 17.0 Å². The lowest BCUT2D eigenvalue weighted by atomic mass is 10.2. The fourth-order valence-electron chi connectivity index (χ4n) is 1.76. The minimum atomic E-state index is -2.31. The van der Waals surface area contributed by atoms with Gasteiger partial charge in [0.15, 0.2) is 5.76 Å². The smallest absolute Gasteiger partial charge is 0.378 e. The molecule has 11 heteroatoms. The van der Waals surface area contributed by atoms with Crippen molar-refractivity contribution in [1.29, 1.82) is 0 Å². The lowest BCUT2D eigenvalue weighted by Gasteiger charge is -2.05. The van der Waals surface area contributed by atoms with Gasteiger partial charge in [0.2, 0.25) is 17.4 Å². The first kappa shape index (κ1) is 15.3. The highest BCUT2D eigenvalue weighted by Gasteiger charge is 2.23. The van der Waals surface area contributed by atoms with E-state index >= 15 is 0 Å². The molecule has 2 aromatic heterocycles. The van der Waals surface area contributed by atoms with E-state index in [1.807, 2.05) is 0 Å². The van der Waals surface area contributed by atoms with E-state index in [1.165, 1.54) is 13.0 Å². The second kappa shape index (κ2) is 5.89. The van der Waals surface area contributed by atoms with Crippen LogP contribution < -0.4 is 15.7 Å². The van der Waals surface area contributed by atoms with Crippen LogP contribution in [0, 0.1) is 6.92 Å². The molecule has 0 spiro atoms. The zero-order chi connectivity index (χ0) is 16.6. The maximum atomic E-state index is 12.4.